The molecule has 0 spiro atoms. The monoisotopic (exact) mass is 279 g/mol. The maximum absolute atomic E-state index is 5.79. The number of hydrogen-bond acceptors (Lipinski definition) is 3. The topological polar surface area (TPSA) is 59.6 Å². The summed E-state index contributed by atoms with van der Waals surface area (Å²) in [5.41, 5.74) is 11.4. The fraction of sp³-hybridized carbons (Fsp3) is 0.235. The number of nitrogens with two attached hydrogens (primary N) is 1. The molecule has 4 nitrogen and oxygen atoms in total. The van der Waals surface area contributed by atoms with Crippen LogP contribution in [0.2, 0.25) is 0 Å². The lowest BCUT2D eigenvalue weighted by molar-refractivity contribution is 0.282. The van der Waals surface area contributed by atoms with Gasteiger partial charge in [0.05, 0.1) is 6.04 Å². The van der Waals surface area contributed by atoms with Gasteiger partial charge >= 0.3 is 0 Å². The smallest absolute Gasteiger partial charge is 0.290 e. The molecule has 0 radical (unpaired) electrons. The molecule has 3 N–H and O–H groups in total. The molecule has 0 fully saturated rings. The van der Waals surface area contributed by atoms with Crippen molar-refractivity contribution in [3.63, 3.8) is 0 Å². The summed E-state index contributed by atoms with van der Waals surface area (Å²) in [6.07, 6.45) is 2.13. The normalized spacial score (nSPS) is 21.3. The molecule has 1 atom stereocenters. The molecule has 4 heteroatoms. The number of nitrogen functional groups attached to an aromatic ring is 1. The van der Waals surface area contributed by atoms with E-state index in [-0.39, 0.29) is 6.04 Å². The van der Waals surface area contributed by atoms with E-state index in [4.69, 9.17) is 15.5 Å². The number of ether oxygens (including phenoxy) is 1. The van der Waals surface area contributed by atoms with Crippen molar-refractivity contribution in [2.45, 2.75) is 25.5 Å². The number of benzene rings is 2. The first-order valence-electron chi connectivity index (χ1n) is 7.23. The second-order valence-electron chi connectivity index (χ2n) is 5.52. The summed E-state index contributed by atoms with van der Waals surface area (Å²) in [4.78, 5) is 4.75. The number of nitrogens with zero attached hydrogens (tertiary/aromatic N) is 1. The Hall–Kier alpha value is -2.49. The van der Waals surface area contributed by atoms with Gasteiger partial charge in [0.2, 0.25) is 0 Å². The van der Waals surface area contributed by atoms with Crippen LogP contribution < -0.4 is 11.1 Å². The summed E-state index contributed by atoms with van der Waals surface area (Å²) in [7, 11) is 0. The van der Waals surface area contributed by atoms with E-state index >= 15 is 0 Å². The highest BCUT2D eigenvalue weighted by atomic mass is 16.5. The first-order chi connectivity index (χ1) is 10.3. The molecule has 1 heterocycles. The second-order valence-corrected chi connectivity index (χ2v) is 5.52. The molecule has 1 aliphatic heterocycles. The number of rotatable bonds is 1. The van der Waals surface area contributed by atoms with Gasteiger partial charge in [0.25, 0.3) is 6.02 Å². The highest BCUT2D eigenvalue weighted by Crippen LogP contribution is 2.34. The summed E-state index contributed by atoms with van der Waals surface area (Å²) in [6.45, 7) is 0.514. The second kappa shape index (κ2) is 4.81. The number of amidine groups is 1. The number of aliphatic imine (C=N–C) groups is 1. The van der Waals surface area contributed by atoms with Gasteiger partial charge in [-0.15, -0.1) is 0 Å². The van der Waals surface area contributed by atoms with Crippen LogP contribution in [0.25, 0.3) is 0 Å². The molecule has 1 unspecified atom stereocenters. The van der Waals surface area contributed by atoms with Gasteiger partial charge in [0.1, 0.15) is 6.61 Å². The zero-order valence-electron chi connectivity index (χ0n) is 11.7. The Balaban J connectivity index is 1.60. The van der Waals surface area contributed by atoms with Gasteiger partial charge in [-0.25, -0.2) is 4.99 Å². The Morgan fingerprint density at radius 3 is 3.00 bits per heavy atom. The fourth-order valence-electron chi connectivity index (χ4n) is 3.03. The predicted octanol–water partition coefficient (Wildman–Crippen LogP) is 3.25. The number of hydrogen-bond donors (Lipinski definition) is 2. The molecule has 0 amide bonds. The van der Waals surface area contributed by atoms with Gasteiger partial charge in [-0.1, -0.05) is 24.3 Å². The predicted molar refractivity (Wildman–Crippen MR) is 84.2 cm³/mol. The molecule has 0 bridgehead atoms. The standard InChI is InChI=1S/C17H17N3O/c18-13-6-8-15-12(9-13)10-21-17(19-15)20-16-7-5-11-3-1-2-4-14(11)16/h1-4,6,8-9,16H,5,7,10,18H2,(H,19,20). The molecule has 2 aromatic rings. The van der Waals surface area contributed by atoms with Crippen LogP contribution in [-0.4, -0.2) is 6.02 Å². The lowest BCUT2D eigenvalue weighted by Crippen LogP contribution is -2.23. The number of fused-ring (bicyclic) bond motifs is 2. The first-order valence-corrected chi connectivity index (χ1v) is 7.23. The summed E-state index contributed by atoms with van der Waals surface area (Å²) in [5.74, 6) is 0. The summed E-state index contributed by atoms with van der Waals surface area (Å²) in [5, 5.41) is 3.25. The van der Waals surface area contributed by atoms with Crippen molar-refractivity contribution in [2.75, 3.05) is 11.1 Å². The van der Waals surface area contributed by atoms with Gasteiger partial charge < -0.3 is 15.8 Å². The van der Waals surface area contributed by atoms with Crippen LogP contribution >= 0.6 is 0 Å². The van der Waals surface area contributed by atoms with Crippen molar-refractivity contribution in [3.8, 4) is 0 Å². The summed E-state index contributed by atoms with van der Waals surface area (Å²) in [6, 6.07) is 15.1. The van der Waals surface area contributed by atoms with Crippen LogP contribution in [0.5, 0.6) is 0 Å². The molecular formula is C17H17N3O. The van der Waals surface area contributed by atoms with Gasteiger partial charge in [0.15, 0.2) is 0 Å². The van der Waals surface area contributed by atoms with Crippen molar-refractivity contribution in [2.24, 2.45) is 4.99 Å². The largest absolute Gasteiger partial charge is 0.460 e. The molecule has 2 aromatic carbocycles. The zero-order valence-corrected chi connectivity index (χ0v) is 11.7. The highest BCUT2D eigenvalue weighted by Gasteiger charge is 2.23. The maximum atomic E-state index is 5.79. The van der Waals surface area contributed by atoms with Gasteiger partial charge in [-0.2, -0.15) is 0 Å². The number of anilines is 2. The van der Waals surface area contributed by atoms with Crippen LogP contribution in [0.3, 0.4) is 0 Å². The van der Waals surface area contributed by atoms with Gasteiger partial charge in [-0.3, -0.25) is 0 Å². The lowest BCUT2D eigenvalue weighted by Gasteiger charge is -2.22. The fourth-order valence-corrected chi connectivity index (χ4v) is 3.03. The maximum Gasteiger partial charge on any atom is 0.290 e. The van der Waals surface area contributed by atoms with E-state index in [0.717, 1.165) is 29.8 Å². The zero-order chi connectivity index (χ0) is 14.2. The van der Waals surface area contributed by atoms with E-state index < -0.39 is 0 Å². The summed E-state index contributed by atoms with van der Waals surface area (Å²) < 4.78 is 5.72. The van der Waals surface area contributed by atoms with Crippen molar-refractivity contribution in [1.82, 2.24) is 0 Å². The van der Waals surface area contributed by atoms with E-state index in [1.165, 1.54) is 11.1 Å². The number of aryl methyl sites for hydroxylation is 1. The minimum Gasteiger partial charge on any atom is -0.460 e. The number of nitrogens with one attached hydrogen (secondary N) is 1. The van der Waals surface area contributed by atoms with Crippen LogP contribution in [0.4, 0.5) is 11.4 Å². The minimum absolute atomic E-state index is 0.194. The third-order valence-corrected chi connectivity index (χ3v) is 4.11. The lowest BCUT2D eigenvalue weighted by atomic mass is 10.1. The summed E-state index contributed by atoms with van der Waals surface area (Å²) >= 11 is 0. The van der Waals surface area contributed by atoms with Gasteiger partial charge in [-0.05, 0) is 42.2 Å². The average molecular weight is 279 g/mol. The highest BCUT2D eigenvalue weighted by molar-refractivity contribution is 5.92. The molecule has 0 saturated carbocycles. The molecular weight excluding hydrogens is 262 g/mol. The Labute approximate surface area is 123 Å². The Bertz CT molecular complexity index is 724. The molecule has 0 aromatic heterocycles. The molecule has 4 rings (SSSR count). The molecule has 1 aliphatic carbocycles. The molecule has 21 heavy (non-hydrogen) atoms. The minimum atomic E-state index is 0.194. The third-order valence-electron chi connectivity index (χ3n) is 4.11. The van der Waals surface area contributed by atoms with Crippen LogP contribution in [-0.2, 0) is 17.8 Å². The van der Waals surface area contributed by atoms with E-state index in [1.54, 1.807) is 0 Å². The average Bonchev–Trinajstić information content (AvgIpc) is 2.91. The van der Waals surface area contributed by atoms with Gasteiger partial charge in [0, 0.05) is 16.9 Å². The third kappa shape index (κ3) is 2.23. The molecule has 106 valence electrons. The molecule has 2 aliphatic rings. The van der Waals surface area contributed by atoms with E-state index in [1.807, 2.05) is 18.2 Å². The Morgan fingerprint density at radius 2 is 2.05 bits per heavy atom. The van der Waals surface area contributed by atoms with Crippen molar-refractivity contribution < 1.29 is 4.74 Å². The van der Waals surface area contributed by atoms with Crippen molar-refractivity contribution in [3.05, 3.63) is 59.2 Å². The molecule has 0 saturated heterocycles. The quantitative estimate of drug-likeness (QED) is 0.788. The van der Waals surface area contributed by atoms with E-state index in [0.29, 0.717) is 12.6 Å². The van der Waals surface area contributed by atoms with E-state index in [2.05, 4.69) is 29.6 Å². The SMILES string of the molecule is Nc1ccc2c(c1)COC(=NC1CCc3ccccc31)N2. The van der Waals surface area contributed by atoms with Crippen LogP contribution in [0.1, 0.15) is 29.2 Å². The Kier molecular flexibility index (Phi) is 2.81. The van der Waals surface area contributed by atoms with E-state index in [9.17, 15) is 0 Å². The van der Waals surface area contributed by atoms with Crippen molar-refractivity contribution in [1.29, 1.82) is 0 Å². The Morgan fingerprint density at radius 1 is 1.14 bits per heavy atom. The van der Waals surface area contributed by atoms with Crippen molar-refractivity contribution >= 4 is 17.4 Å². The van der Waals surface area contributed by atoms with Crippen LogP contribution in [0, 0.1) is 0 Å². The first kappa shape index (κ1) is 12.3. The van der Waals surface area contributed by atoms with Crippen LogP contribution in [0.15, 0.2) is 47.5 Å².